The van der Waals surface area contributed by atoms with E-state index < -0.39 is 0 Å². The lowest BCUT2D eigenvalue weighted by atomic mass is 10.2. The number of hydrogen-bond donors (Lipinski definition) is 2. The molecule has 3 rings (SSSR count). The Bertz CT molecular complexity index is 761. The van der Waals surface area contributed by atoms with E-state index in [1.807, 2.05) is 0 Å². The first-order chi connectivity index (χ1) is 11.7. The maximum Gasteiger partial charge on any atom is 0.257 e. The molecule has 0 aliphatic carbocycles. The van der Waals surface area contributed by atoms with Gasteiger partial charge in [0, 0.05) is 36.2 Å². The van der Waals surface area contributed by atoms with E-state index in [1.54, 1.807) is 60.9 Å². The Morgan fingerprint density at radius 3 is 1.42 bits per heavy atom. The minimum absolute atomic E-state index is 0.241. The highest BCUT2D eigenvalue weighted by atomic mass is 16.2. The average molecular weight is 318 g/mol. The number of carbonyl (C=O) groups excluding carboxylic acids is 2. The molecule has 2 amide bonds. The van der Waals surface area contributed by atoms with Crippen molar-refractivity contribution >= 4 is 23.2 Å². The zero-order chi connectivity index (χ0) is 16.8. The minimum Gasteiger partial charge on any atom is -0.322 e. The van der Waals surface area contributed by atoms with E-state index >= 15 is 0 Å². The zero-order valence-corrected chi connectivity index (χ0v) is 12.6. The predicted octanol–water partition coefficient (Wildman–Crippen LogP) is 2.98. The second-order valence-corrected chi connectivity index (χ2v) is 4.97. The van der Waals surface area contributed by atoms with Crippen LogP contribution in [-0.2, 0) is 0 Å². The number of rotatable bonds is 4. The fourth-order valence-electron chi connectivity index (χ4n) is 2.04. The summed E-state index contributed by atoms with van der Waals surface area (Å²) in [5, 5.41) is 5.54. The van der Waals surface area contributed by atoms with Crippen LogP contribution in [-0.4, -0.2) is 21.8 Å². The molecule has 3 aromatic rings. The van der Waals surface area contributed by atoms with Crippen LogP contribution in [0.5, 0.6) is 0 Å². The van der Waals surface area contributed by atoms with Gasteiger partial charge in [0.1, 0.15) is 0 Å². The van der Waals surface area contributed by atoms with Gasteiger partial charge < -0.3 is 10.6 Å². The first kappa shape index (κ1) is 15.4. The number of nitrogens with zero attached hydrogens (tertiary/aromatic N) is 2. The third-order valence-corrected chi connectivity index (χ3v) is 3.25. The number of aromatic nitrogens is 2. The Kier molecular flexibility index (Phi) is 4.57. The molecular weight excluding hydrogens is 304 g/mol. The first-order valence-electron chi connectivity index (χ1n) is 7.25. The second-order valence-electron chi connectivity index (χ2n) is 4.97. The van der Waals surface area contributed by atoms with Crippen LogP contribution in [0.2, 0.25) is 0 Å². The van der Waals surface area contributed by atoms with Gasteiger partial charge in [-0.3, -0.25) is 19.6 Å². The molecule has 0 aliphatic heterocycles. The number of carbonyl (C=O) groups is 2. The molecule has 0 bridgehead atoms. The highest BCUT2D eigenvalue weighted by molar-refractivity contribution is 6.05. The van der Waals surface area contributed by atoms with E-state index in [-0.39, 0.29) is 11.8 Å². The lowest BCUT2D eigenvalue weighted by Crippen LogP contribution is -2.13. The summed E-state index contributed by atoms with van der Waals surface area (Å²) >= 11 is 0. The van der Waals surface area contributed by atoms with Crippen LogP contribution >= 0.6 is 0 Å². The molecule has 2 N–H and O–H groups in total. The predicted molar refractivity (Wildman–Crippen MR) is 90.8 cm³/mol. The van der Waals surface area contributed by atoms with Gasteiger partial charge in [0.15, 0.2) is 0 Å². The highest BCUT2D eigenvalue weighted by Gasteiger charge is 2.07. The van der Waals surface area contributed by atoms with Gasteiger partial charge in [0.25, 0.3) is 11.8 Å². The lowest BCUT2D eigenvalue weighted by Gasteiger charge is -2.08. The maximum atomic E-state index is 12.0. The Hall–Kier alpha value is -3.54. The molecule has 0 radical (unpaired) electrons. The van der Waals surface area contributed by atoms with E-state index in [9.17, 15) is 9.59 Å². The molecule has 0 atom stereocenters. The summed E-state index contributed by atoms with van der Waals surface area (Å²) in [6.45, 7) is 0. The average Bonchev–Trinajstić information content (AvgIpc) is 2.65. The van der Waals surface area contributed by atoms with Gasteiger partial charge in [0.05, 0.1) is 11.1 Å². The molecule has 118 valence electrons. The topological polar surface area (TPSA) is 84.0 Å². The summed E-state index contributed by atoms with van der Waals surface area (Å²) in [5.41, 5.74) is 2.21. The van der Waals surface area contributed by atoms with Gasteiger partial charge in [-0.15, -0.1) is 0 Å². The van der Waals surface area contributed by atoms with E-state index in [2.05, 4.69) is 20.6 Å². The molecule has 6 nitrogen and oxygen atoms in total. The summed E-state index contributed by atoms with van der Waals surface area (Å²) in [5.74, 6) is -0.481. The van der Waals surface area contributed by atoms with Crippen molar-refractivity contribution in [1.29, 1.82) is 0 Å². The molecule has 6 heteroatoms. The van der Waals surface area contributed by atoms with Crippen LogP contribution in [0.1, 0.15) is 20.7 Å². The third-order valence-electron chi connectivity index (χ3n) is 3.25. The van der Waals surface area contributed by atoms with Crippen LogP contribution in [0.4, 0.5) is 11.4 Å². The van der Waals surface area contributed by atoms with Crippen molar-refractivity contribution in [3.8, 4) is 0 Å². The standard InChI is InChI=1S/C18H14N4O2/c23-17(13-3-1-9-19-11-13)21-15-5-7-16(8-6-15)22-18(24)14-4-2-10-20-12-14/h1-12H,(H,21,23)(H,22,24). The number of benzene rings is 1. The number of nitrogens with one attached hydrogen (secondary N) is 2. The normalized spacial score (nSPS) is 10.0. The Labute approximate surface area is 138 Å². The second kappa shape index (κ2) is 7.15. The monoisotopic (exact) mass is 318 g/mol. The summed E-state index contributed by atoms with van der Waals surface area (Å²) in [6.07, 6.45) is 6.21. The van der Waals surface area contributed by atoms with Crippen molar-refractivity contribution in [2.45, 2.75) is 0 Å². The van der Waals surface area contributed by atoms with Gasteiger partial charge in [-0.1, -0.05) is 0 Å². The SMILES string of the molecule is O=C(Nc1ccc(NC(=O)c2cccnc2)cc1)c1cccnc1. The van der Waals surface area contributed by atoms with Gasteiger partial charge in [-0.25, -0.2) is 0 Å². The number of anilines is 2. The lowest BCUT2D eigenvalue weighted by molar-refractivity contribution is 0.101. The summed E-state index contributed by atoms with van der Waals surface area (Å²) in [7, 11) is 0. The fraction of sp³-hybridized carbons (Fsp3) is 0. The van der Waals surface area contributed by atoms with Crippen molar-refractivity contribution < 1.29 is 9.59 Å². The smallest absolute Gasteiger partial charge is 0.257 e. The van der Waals surface area contributed by atoms with Crippen LogP contribution in [0.3, 0.4) is 0 Å². The zero-order valence-electron chi connectivity index (χ0n) is 12.6. The molecule has 0 aliphatic rings. The molecule has 2 heterocycles. The van der Waals surface area contributed by atoms with Crippen molar-refractivity contribution in [2.75, 3.05) is 10.6 Å². The molecule has 2 aromatic heterocycles. The minimum atomic E-state index is -0.241. The molecule has 0 saturated heterocycles. The molecule has 1 aromatic carbocycles. The van der Waals surface area contributed by atoms with Crippen molar-refractivity contribution in [3.05, 3.63) is 84.4 Å². The van der Waals surface area contributed by atoms with Gasteiger partial charge in [-0.2, -0.15) is 0 Å². The van der Waals surface area contributed by atoms with Crippen LogP contribution < -0.4 is 10.6 Å². The van der Waals surface area contributed by atoms with Crippen molar-refractivity contribution in [3.63, 3.8) is 0 Å². The molecule has 0 fully saturated rings. The maximum absolute atomic E-state index is 12.0. The quantitative estimate of drug-likeness (QED) is 0.774. The first-order valence-corrected chi connectivity index (χ1v) is 7.25. The van der Waals surface area contributed by atoms with Crippen LogP contribution in [0, 0.1) is 0 Å². The molecule has 0 unspecified atom stereocenters. The number of amides is 2. The number of pyridine rings is 2. The fourth-order valence-corrected chi connectivity index (χ4v) is 2.04. The van der Waals surface area contributed by atoms with Gasteiger partial charge in [-0.05, 0) is 48.5 Å². The largest absolute Gasteiger partial charge is 0.322 e. The van der Waals surface area contributed by atoms with E-state index in [4.69, 9.17) is 0 Å². The molecular formula is C18H14N4O2. The van der Waals surface area contributed by atoms with Crippen molar-refractivity contribution in [1.82, 2.24) is 9.97 Å². The molecule has 0 spiro atoms. The van der Waals surface area contributed by atoms with Crippen LogP contribution in [0.25, 0.3) is 0 Å². The van der Waals surface area contributed by atoms with Crippen LogP contribution in [0.15, 0.2) is 73.3 Å². The van der Waals surface area contributed by atoms with E-state index in [0.717, 1.165) is 0 Å². The van der Waals surface area contributed by atoms with E-state index in [1.165, 1.54) is 12.4 Å². The highest BCUT2D eigenvalue weighted by Crippen LogP contribution is 2.15. The van der Waals surface area contributed by atoms with Crippen molar-refractivity contribution in [2.24, 2.45) is 0 Å². The third kappa shape index (κ3) is 3.80. The summed E-state index contributed by atoms with van der Waals surface area (Å²) in [6, 6.07) is 13.6. The Balaban J connectivity index is 1.63. The van der Waals surface area contributed by atoms with Gasteiger partial charge >= 0.3 is 0 Å². The molecule has 24 heavy (non-hydrogen) atoms. The summed E-state index contributed by atoms with van der Waals surface area (Å²) < 4.78 is 0. The van der Waals surface area contributed by atoms with E-state index in [0.29, 0.717) is 22.5 Å². The summed E-state index contributed by atoms with van der Waals surface area (Å²) in [4.78, 5) is 31.9. The Morgan fingerprint density at radius 1 is 0.667 bits per heavy atom. The Morgan fingerprint density at radius 2 is 1.08 bits per heavy atom. The number of hydrogen-bond acceptors (Lipinski definition) is 4. The van der Waals surface area contributed by atoms with Gasteiger partial charge in [0.2, 0.25) is 0 Å². The molecule has 0 saturated carbocycles.